The van der Waals surface area contributed by atoms with E-state index in [2.05, 4.69) is 5.16 Å². The summed E-state index contributed by atoms with van der Waals surface area (Å²) in [5.41, 5.74) is 1.37. The zero-order valence-corrected chi connectivity index (χ0v) is 20.5. The number of aliphatic hydroxyl groups excluding tert-OH is 1. The molecule has 0 saturated heterocycles. The third kappa shape index (κ3) is 5.85. The first-order chi connectivity index (χ1) is 17.1. The zero-order chi connectivity index (χ0) is 25.9. The van der Waals surface area contributed by atoms with Crippen LogP contribution in [0.3, 0.4) is 0 Å². The van der Waals surface area contributed by atoms with Gasteiger partial charge in [0.1, 0.15) is 29.5 Å². The van der Waals surface area contributed by atoms with Gasteiger partial charge in [0.25, 0.3) is 5.56 Å². The third-order valence-corrected chi connectivity index (χ3v) is 5.49. The maximum absolute atomic E-state index is 13.6. The first-order valence-corrected chi connectivity index (χ1v) is 11.7. The predicted octanol–water partition coefficient (Wildman–Crippen LogP) is 4.73. The fraction of sp³-hybridized carbons (Fsp3) is 0.333. The molecule has 1 N–H and O–H groups in total. The number of aromatic nitrogens is 3. The van der Waals surface area contributed by atoms with Gasteiger partial charge < -0.3 is 14.4 Å². The second-order valence-corrected chi connectivity index (χ2v) is 9.51. The monoisotopic (exact) mass is 493 g/mol. The van der Waals surface area contributed by atoms with Gasteiger partial charge >= 0.3 is 5.97 Å². The summed E-state index contributed by atoms with van der Waals surface area (Å²) in [7, 11) is 0. The van der Waals surface area contributed by atoms with E-state index < -0.39 is 11.4 Å². The lowest BCUT2D eigenvalue weighted by molar-refractivity contribution is -0.154. The lowest BCUT2D eigenvalue weighted by Gasteiger charge is -2.19. The van der Waals surface area contributed by atoms with E-state index in [9.17, 15) is 19.1 Å². The van der Waals surface area contributed by atoms with Crippen LogP contribution in [0.25, 0.3) is 27.8 Å². The highest BCUT2D eigenvalue weighted by atomic mass is 19.1. The van der Waals surface area contributed by atoms with Crippen molar-refractivity contribution in [3.05, 3.63) is 76.3 Å². The average molecular weight is 494 g/mol. The van der Waals surface area contributed by atoms with Gasteiger partial charge in [0.15, 0.2) is 5.76 Å². The summed E-state index contributed by atoms with van der Waals surface area (Å²) in [6, 6.07) is 12.4. The van der Waals surface area contributed by atoms with Crippen LogP contribution in [0.4, 0.5) is 4.39 Å². The zero-order valence-electron chi connectivity index (χ0n) is 20.5. The first-order valence-electron chi connectivity index (χ1n) is 11.7. The number of carbonyl (C=O) groups is 1. The quantitative estimate of drug-likeness (QED) is 0.279. The highest BCUT2D eigenvalue weighted by molar-refractivity contribution is 5.83. The summed E-state index contributed by atoms with van der Waals surface area (Å²) >= 11 is 0. The number of carbonyl (C=O) groups excluding carboxylic acids is 1. The van der Waals surface area contributed by atoms with Gasteiger partial charge in [0.2, 0.25) is 0 Å². The van der Waals surface area contributed by atoms with Gasteiger partial charge in [-0.1, -0.05) is 11.2 Å². The van der Waals surface area contributed by atoms with E-state index in [0.29, 0.717) is 58.7 Å². The van der Waals surface area contributed by atoms with Crippen molar-refractivity contribution >= 4 is 16.9 Å². The number of ether oxygens (including phenoxy) is 1. The van der Waals surface area contributed by atoms with E-state index in [1.165, 1.54) is 28.8 Å². The number of hydrogen-bond donors (Lipinski definition) is 1. The highest BCUT2D eigenvalue weighted by Crippen LogP contribution is 2.24. The number of rotatable bonds is 8. The van der Waals surface area contributed by atoms with Crippen molar-refractivity contribution in [1.29, 1.82) is 0 Å². The Kier molecular flexibility index (Phi) is 7.30. The lowest BCUT2D eigenvalue weighted by atomic mass is 10.1. The number of aryl methyl sites for hydroxylation is 1. The maximum atomic E-state index is 13.6. The maximum Gasteiger partial charge on any atom is 0.306 e. The number of benzene rings is 2. The van der Waals surface area contributed by atoms with Crippen LogP contribution in [-0.4, -0.2) is 31.4 Å². The Labute approximate surface area is 207 Å². The second kappa shape index (κ2) is 10.4. The molecular formula is C27H28FN3O5. The molecule has 0 radical (unpaired) electrons. The molecule has 0 amide bonds. The summed E-state index contributed by atoms with van der Waals surface area (Å²) in [5.74, 6) is 0.149. The molecule has 188 valence electrons. The molecule has 0 atom stereocenters. The Hall–Kier alpha value is -3.85. The van der Waals surface area contributed by atoms with Crippen LogP contribution in [-0.2, 0) is 22.6 Å². The SMILES string of the molecule is CC(C)(C)OC(=O)CCCCc1nc2cc(-c3cc(CO)on3)ccc2c(=O)n1-c1ccc(F)cc1. The molecule has 2 heterocycles. The Morgan fingerprint density at radius 2 is 1.86 bits per heavy atom. The van der Waals surface area contributed by atoms with Crippen LogP contribution >= 0.6 is 0 Å². The molecule has 0 bridgehead atoms. The number of hydrogen-bond acceptors (Lipinski definition) is 7. The van der Waals surface area contributed by atoms with E-state index in [1.54, 1.807) is 24.3 Å². The van der Waals surface area contributed by atoms with Gasteiger partial charge in [-0.3, -0.25) is 14.2 Å². The van der Waals surface area contributed by atoms with Gasteiger partial charge in [0, 0.05) is 24.5 Å². The number of unbranched alkanes of at least 4 members (excludes halogenated alkanes) is 1. The van der Waals surface area contributed by atoms with E-state index in [0.717, 1.165) is 0 Å². The molecule has 36 heavy (non-hydrogen) atoms. The van der Waals surface area contributed by atoms with Crippen LogP contribution in [0.2, 0.25) is 0 Å². The number of aliphatic hydroxyl groups is 1. The fourth-order valence-corrected chi connectivity index (χ4v) is 3.88. The molecule has 9 heteroatoms. The first kappa shape index (κ1) is 25.2. The van der Waals surface area contributed by atoms with Crippen molar-refractivity contribution in [3.8, 4) is 16.9 Å². The molecule has 0 saturated carbocycles. The van der Waals surface area contributed by atoms with Gasteiger partial charge in [-0.05, 0) is 70.0 Å². The molecule has 0 aliphatic heterocycles. The summed E-state index contributed by atoms with van der Waals surface area (Å²) in [5, 5.41) is 13.6. The van der Waals surface area contributed by atoms with Crippen LogP contribution in [0.5, 0.6) is 0 Å². The molecule has 0 aliphatic rings. The summed E-state index contributed by atoms with van der Waals surface area (Å²) in [4.78, 5) is 30.3. The fourth-order valence-electron chi connectivity index (χ4n) is 3.88. The van der Waals surface area contributed by atoms with Crippen LogP contribution in [0.1, 0.15) is 51.6 Å². The minimum absolute atomic E-state index is 0.259. The van der Waals surface area contributed by atoms with E-state index >= 15 is 0 Å². The van der Waals surface area contributed by atoms with Crippen LogP contribution in [0, 0.1) is 5.82 Å². The summed E-state index contributed by atoms with van der Waals surface area (Å²) in [6.07, 6.45) is 1.85. The van der Waals surface area contributed by atoms with Gasteiger partial charge in [-0.2, -0.15) is 0 Å². The van der Waals surface area contributed by atoms with Crippen LogP contribution in [0.15, 0.2) is 57.8 Å². The third-order valence-electron chi connectivity index (χ3n) is 5.49. The molecule has 0 aliphatic carbocycles. The largest absolute Gasteiger partial charge is 0.460 e. The topological polar surface area (TPSA) is 107 Å². The highest BCUT2D eigenvalue weighted by Gasteiger charge is 2.17. The molecule has 0 spiro atoms. The normalized spacial score (nSPS) is 11.7. The van der Waals surface area contributed by atoms with Crippen molar-refractivity contribution in [2.75, 3.05) is 0 Å². The average Bonchev–Trinajstić information content (AvgIpc) is 3.31. The molecule has 0 fully saturated rings. The van der Waals surface area contributed by atoms with Crippen molar-refractivity contribution in [3.63, 3.8) is 0 Å². The Morgan fingerprint density at radius 3 is 2.53 bits per heavy atom. The smallest absolute Gasteiger partial charge is 0.306 e. The molecule has 4 aromatic rings. The van der Waals surface area contributed by atoms with E-state index in [-0.39, 0.29) is 24.6 Å². The van der Waals surface area contributed by atoms with E-state index in [1.807, 2.05) is 20.8 Å². The molecule has 0 unspecified atom stereocenters. The van der Waals surface area contributed by atoms with Crippen molar-refractivity contribution < 1.29 is 23.6 Å². The number of halogens is 1. The Bertz CT molecular complexity index is 1430. The van der Waals surface area contributed by atoms with Crippen molar-refractivity contribution in [2.24, 2.45) is 0 Å². The molecular weight excluding hydrogens is 465 g/mol. The number of esters is 1. The Balaban J connectivity index is 1.67. The number of nitrogens with zero attached hydrogens (tertiary/aromatic N) is 3. The number of fused-ring (bicyclic) bond motifs is 1. The van der Waals surface area contributed by atoms with Gasteiger partial charge in [-0.25, -0.2) is 9.37 Å². The minimum Gasteiger partial charge on any atom is -0.460 e. The predicted molar refractivity (Wildman–Crippen MR) is 132 cm³/mol. The standard InChI is InChI=1S/C27H28FN3O5/c1-27(2,3)35-25(33)7-5-4-6-24-29-23-14-17(22-15-20(16-32)36-30-22)8-13-21(23)26(34)31(24)19-11-9-18(28)10-12-19/h8-15,32H,4-7,16H2,1-3H3. The van der Waals surface area contributed by atoms with Gasteiger partial charge in [0.05, 0.1) is 16.6 Å². The van der Waals surface area contributed by atoms with Gasteiger partial charge in [-0.15, -0.1) is 0 Å². The molecule has 2 aromatic heterocycles. The summed E-state index contributed by atoms with van der Waals surface area (Å²) in [6.45, 7) is 5.20. The van der Waals surface area contributed by atoms with Crippen molar-refractivity contribution in [1.82, 2.24) is 14.7 Å². The molecule has 8 nitrogen and oxygen atoms in total. The second-order valence-electron chi connectivity index (χ2n) is 9.51. The molecule has 4 rings (SSSR count). The Morgan fingerprint density at radius 1 is 1.11 bits per heavy atom. The minimum atomic E-state index is -0.542. The summed E-state index contributed by atoms with van der Waals surface area (Å²) < 4.78 is 25.5. The lowest BCUT2D eigenvalue weighted by Crippen LogP contribution is -2.24. The molecule has 2 aromatic carbocycles. The van der Waals surface area contributed by atoms with Crippen molar-refractivity contribution in [2.45, 2.75) is 58.7 Å². The van der Waals surface area contributed by atoms with E-state index in [4.69, 9.17) is 14.2 Å². The van der Waals surface area contributed by atoms with Crippen LogP contribution < -0.4 is 5.56 Å².